The maximum atomic E-state index is 13.0. The lowest BCUT2D eigenvalue weighted by Crippen LogP contribution is -2.45. The molecule has 0 amide bonds. The van der Waals surface area contributed by atoms with Crippen LogP contribution in [0.1, 0.15) is 29.7 Å². The maximum absolute atomic E-state index is 13.0. The summed E-state index contributed by atoms with van der Waals surface area (Å²) in [6, 6.07) is 19.5. The highest BCUT2D eigenvalue weighted by Gasteiger charge is 2.33. The summed E-state index contributed by atoms with van der Waals surface area (Å²) >= 11 is 17.5. The summed E-state index contributed by atoms with van der Waals surface area (Å²) in [6.07, 6.45) is 0. The van der Waals surface area contributed by atoms with E-state index in [2.05, 4.69) is 10.6 Å². The number of rotatable bonds is 8. The predicted octanol–water partition coefficient (Wildman–Crippen LogP) is 6.07. The van der Waals surface area contributed by atoms with Crippen LogP contribution in [0.5, 0.6) is 11.5 Å². The molecule has 36 heavy (non-hydrogen) atoms. The first-order chi connectivity index (χ1) is 17.4. The molecule has 6 nitrogen and oxygen atoms in total. The van der Waals surface area contributed by atoms with Crippen molar-refractivity contribution in [1.29, 1.82) is 0 Å². The van der Waals surface area contributed by atoms with E-state index in [0.29, 0.717) is 51.1 Å². The average Bonchev–Trinajstić information content (AvgIpc) is 2.88. The van der Waals surface area contributed by atoms with Crippen LogP contribution >= 0.6 is 35.4 Å². The topological polar surface area (TPSA) is 68.8 Å². The van der Waals surface area contributed by atoms with Gasteiger partial charge in [-0.15, -0.1) is 0 Å². The lowest BCUT2D eigenvalue weighted by molar-refractivity contribution is -0.136. The van der Waals surface area contributed by atoms with Gasteiger partial charge in [0.25, 0.3) is 0 Å². The van der Waals surface area contributed by atoms with Gasteiger partial charge in [0.2, 0.25) is 0 Å². The molecule has 0 fully saturated rings. The van der Waals surface area contributed by atoms with E-state index in [4.69, 9.17) is 49.6 Å². The van der Waals surface area contributed by atoms with E-state index in [9.17, 15) is 4.79 Å². The third-order valence-electron chi connectivity index (χ3n) is 5.52. The molecule has 0 aromatic heterocycles. The van der Waals surface area contributed by atoms with Crippen LogP contribution in [-0.4, -0.2) is 24.8 Å². The summed E-state index contributed by atoms with van der Waals surface area (Å²) < 4.78 is 17.1. The fourth-order valence-corrected chi connectivity index (χ4v) is 4.29. The summed E-state index contributed by atoms with van der Waals surface area (Å²) in [5.41, 5.74) is 3.41. The van der Waals surface area contributed by atoms with Crippen molar-refractivity contribution in [3.05, 3.63) is 99.0 Å². The Labute approximate surface area is 225 Å². The van der Waals surface area contributed by atoms with E-state index in [1.54, 1.807) is 12.1 Å². The Bertz CT molecular complexity index is 1290. The molecule has 1 aliphatic heterocycles. The first-order valence-corrected chi connectivity index (χ1v) is 12.4. The van der Waals surface area contributed by atoms with E-state index >= 15 is 0 Å². The Hall–Kier alpha value is -3.26. The quantitative estimate of drug-likeness (QED) is 0.264. The Kier molecular flexibility index (Phi) is 8.36. The summed E-state index contributed by atoms with van der Waals surface area (Å²) in [5, 5.41) is 7.91. The number of esters is 1. The van der Waals surface area contributed by atoms with E-state index in [-0.39, 0.29) is 0 Å². The smallest absolute Gasteiger partial charge is 0.338 e. The highest BCUT2D eigenvalue weighted by molar-refractivity contribution is 7.80. The van der Waals surface area contributed by atoms with Crippen LogP contribution in [0.4, 0.5) is 0 Å². The van der Waals surface area contributed by atoms with Gasteiger partial charge in [-0.25, -0.2) is 4.79 Å². The van der Waals surface area contributed by atoms with Crippen molar-refractivity contribution in [1.82, 2.24) is 10.6 Å². The molecule has 4 rings (SSSR count). The molecule has 186 valence electrons. The third-order valence-corrected chi connectivity index (χ3v) is 6.24. The monoisotopic (exact) mass is 542 g/mol. The molecule has 3 aromatic carbocycles. The van der Waals surface area contributed by atoms with Gasteiger partial charge < -0.3 is 24.8 Å². The molecule has 9 heteroatoms. The number of nitrogens with one attached hydrogen (secondary N) is 2. The lowest BCUT2D eigenvalue weighted by Gasteiger charge is -2.31. The van der Waals surface area contributed by atoms with E-state index in [1.807, 2.05) is 61.5 Å². The van der Waals surface area contributed by atoms with Crippen LogP contribution < -0.4 is 20.1 Å². The van der Waals surface area contributed by atoms with E-state index in [1.165, 1.54) is 7.11 Å². The molecular weight excluding hydrogens is 519 g/mol. The van der Waals surface area contributed by atoms with Crippen LogP contribution in [0.25, 0.3) is 5.70 Å². The number of hydrogen-bond acceptors (Lipinski definition) is 5. The molecule has 1 atom stereocenters. The normalized spacial score (nSPS) is 15.1. The molecule has 0 radical (unpaired) electrons. The summed E-state index contributed by atoms with van der Waals surface area (Å²) in [4.78, 5) is 13.0. The molecule has 2 N–H and O–H groups in total. The molecule has 0 aliphatic carbocycles. The molecule has 1 heterocycles. The highest BCUT2D eigenvalue weighted by atomic mass is 35.5. The molecule has 0 spiro atoms. The van der Waals surface area contributed by atoms with Gasteiger partial charge in [0.1, 0.15) is 6.61 Å². The Morgan fingerprint density at radius 1 is 0.944 bits per heavy atom. The molecule has 0 saturated carbocycles. The van der Waals surface area contributed by atoms with Crippen LogP contribution in [0.15, 0.2) is 72.3 Å². The number of hydrogen-bond donors (Lipinski definition) is 2. The number of ether oxygens (including phenoxy) is 3. The molecule has 3 aromatic rings. The number of methoxy groups -OCH3 is 1. The Balaban J connectivity index is 1.71. The molecule has 0 saturated heterocycles. The van der Waals surface area contributed by atoms with E-state index in [0.717, 1.165) is 16.7 Å². The zero-order valence-electron chi connectivity index (χ0n) is 19.6. The highest BCUT2D eigenvalue weighted by Crippen LogP contribution is 2.37. The first-order valence-electron chi connectivity index (χ1n) is 11.2. The van der Waals surface area contributed by atoms with Gasteiger partial charge in [-0.2, -0.15) is 0 Å². The van der Waals surface area contributed by atoms with Gasteiger partial charge in [0.15, 0.2) is 16.6 Å². The molecule has 0 bridgehead atoms. The minimum absolute atomic E-state index is 0.348. The Morgan fingerprint density at radius 3 is 2.25 bits per heavy atom. The SMILES string of the molecule is CCOc1cc([C@@H]2NC(=S)NC(c3ccc(Cl)cc3)=C2C(=O)OC)ccc1OCc1ccc(Cl)cc1. The number of halogens is 2. The average molecular weight is 543 g/mol. The van der Waals surface area contributed by atoms with Crippen LogP contribution in [0, 0.1) is 0 Å². The second-order valence-corrected chi connectivity index (χ2v) is 9.15. The summed E-state index contributed by atoms with van der Waals surface area (Å²) in [7, 11) is 1.35. The Morgan fingerprint density at radius 2 is 1.61 bits per heavy atom. The fourth-order valence-electron chi connectivity index (χ4n) is 3.82. The summed E-state index contributed by atoms with van der Waals surface area (Å²) in [6.45, 7) is 2.68. The van der Waals surface area contributed by atoms with Crippen LogP contribution in [0.3, 0.4) is 0 Å². The zero-order chi connectivity index (χ0) is 25.7. The standard InChI is InChI=1S/C27H24Cl2N2O4S/c1-3-34-22-14-18(8-13-21(22)35-15-16-4-9-19(28)10-5-16)25-23(26(32)33-2)24(30-27(36)31-25)17-6-11-20(29)12-7-17/h4-14,25H,3,15H2,1-2H3,(H2,30,31,36)/t25-/m0/s1. The second-order valence-electron chi connectivity index (χ2n) is 7.87. The van der Waals surface area contributed by atoms with Crippen molar-refractivity contribution < 1.29 is 19.0 Å². The van der Waals surface area contributed by atoms with Crippen molar-refractivity contribution in [2.45, 2.75) is 19.6 Å². The van der Waals surface area contributed by atoms with Crippen molar-refractivity contribution >= 4 is 52.2 Å². The molecular formula is C27H24Cl2N2O4S. The largest absolute Gasteiger partial charge is 0.490 e. The van der Waals surface area contributed by atoms with Crippen molar-refractivity contribution in [3.8, 4) is 11.5 Å². The second kappa shape index (κ2) is 11.6. The predicted molar refractivity (Wildman–Crippen MR) is 145 cm³/mol. The van der Waals surface area contributed by atoms with E-state index < -0.39 is 12.0 Å². The van der Waals surface area contributed by atoms with Gasteiger partial charge in [-0.3, -0.25) is 0 Å². The lowest BCUT2D eigenvalue weighted by atomic mass is 9.92. The molecule has 1 aliphatic rings. The number of benzene rings is 3. The minimum atomic E-state index is -0.582. The number of carbonyl (C=O) groups excluding carboxylic acids is 1. The van der Waals surface area contributed by atoms with Crippen molar-refractivity contribution in [2.75, 3.05) is 13.7 Å². The maximum Gasteiger partial charge on any atom is 0.338 e. The van der Waals surface area contributed by atoms with Crippen molar-refractivity contribution in [3.63, 3.8) is 0 Å². The molecule has 0 unspecified atom stereocenters. The van der Waals surface area contributed by atoms with Crippen LogP contribution in [-0.2, 0) is 16.1 Å². The van der Waals surface area contributed by atoms with Gasteiger partial charge in [-0.1, -0.05) is 53.5 Å². The number of thiocarbonyl (C=S) groups is 1. The van der Waals surface area contributed by atoms with Gasteiger partial charge in [0.05, 0.1) is 31.0 Å². The van der Waals surface area contributed by atoms with Gasteiger partial charge in [0, 0.05) is 10.0 Å². The third kappa shape index (κ3) is 5.93. The minimum Gasteiger partial charge on any atom is -0.490 e. The van der Waals surface area contributed by atoms with Crippen molar-refractivity contribution in [2.24, 2.45) is 0 Å². The van der Waals surface area contributed by atoms with Gasteiger partial charge in [-0.05, 0) is 72.2 Å². The first kappa shape index (κ1) is 25.8. The number of carbonyl (C=O) groups is 1. The summed E-state index contributed by atoms with van der Waals surface area (Å²) in [5.74, 6) is 0.634. The zero-order valence-corrected chi connectivity index (χ0v) is 22.0. The fraction of sp³-hybridized carbons (Fsp3) is 0.185. The van der Waals surface area contributed by atoms with Crippen LogP contribution in [0.2, 0.25) is 10.0 Å². The van der Waals surface area contributed by atoms with Gasteiger partial charge >= 0.3 is 5.97 Å².